The van der Waals surface area contributed by atoms with Gasteiger partial charge in [0.05, 0.1) is 11.2 Å². The Morgan fingerprint density at radius 3 is 2.71 bits per heavy atom. The third kappa shape index (κ3) is 3.46. The monoisotopic (exact) mass is 401 g/mol. The summed E-state index contributed by atoms with van der Waals surface area (Å²) >= 11 is 1.26. The SMILES string of the molecule is CCC1(C)OB(c2cnc3snc(C(=O)NC4CCCCC4)c3c2)OC1(C)C. The summed E-state index contributed by atoms with van der Waals surface area (Å²) in [4.78, 5) is 18.1. The minimum Gasteiger partial charge on any atom is -0.399 e. The Kier molecular flexibility index (Phi) is 5.23. The summed E-state index contributed by atoms with van der Waals surface area (Å²) in [5.41, 5.74) is 0.496. The molecule has 0 bridgehead atoms. The van der Waals surface area contributed by atoms with Crippen molar-refractivity contribution in [3.63, 3.8) is 0 Å². The number of pyridine rings is 1. The molecule has 1 N–H and O–H groups in total. The van der Waals surface area contributed by atoms with Gasteiger partial charge in [0.15, 0.2) is 5.69 Å². The summed E-state index contributed by atoms with van der Waals surface area (Å²) in [7, 11) is -0.494. The molecule has 2 aromatic heterocycles. The first-order valence-corrected chi connectivity index (χ1v) is 11.0. The Morgan fingerprint density at radius 1 is 1.29 bits per heavy atom. The van der Waals surface area contributed by atoms with Crippen LogP contribution < -0.4 is 10.8 Å². The maximum atomic E-state index is 12.8. The van der Waals surface area contributed by atoms with Crippen molar-refractivity contribution in [1.82, 2.24) is 14.7 Å². The van der Waals surface area contributed by atoms with Crippen LogP contribution in [0.1, 0.15) is 76.7 Å². The number of hydrogen-bond donors (Lipinski definition) is 1. The molecule has 1 aliphatic heterocycles. The Bertz CT molecular complexity index is 881. The van der Waals surface area contributed by atoms with Crippen LogP contribution >= 0.6 is 11.5 Å². The molecule has 6 nitrogen and oxygen atoms in total. The Balaban J connectivity index is 1.59. The Hall–Kier alpha value is -1.51. The van der Waals surface area contributed by atoms with E-state index in [1.165, 1.54) is 30.8 Å². The van der Waals surface area contributed by atoms with Crippen LogP contribution in [0.4, 0.5) is 0 Å². The van der Waals surface area contributed by atoms with Crippen LogP contribution in [0.15, 0.2) is 12.3 Å². The van der Waals surface area contributed by atoms with E-state index in [1.54, 1.807) is 6.20 Å². The highest BCUT2D eigenvalue weighted by molar-refractivity contribution is 7.13. The van der Waals surface area contributed by atoms with Crippen LogP contribution in [0, 0.1) is 0 Å². The summed E-state index contributed by atoms with van der Waals surface area (Å²) < 4.78 is 16.9. The molecule has 0 aromatic carbocycles. The minimum atomic E-state index is -0.494. The van der Waals surface area contributed by atoms with E-state index in [4.69, 9.17) is 9.31 Å². The van der Waals surface area contributed by atoms with Crippen LogP contribution in [0.2, 0.25) is 0 Å². The van der Waals surface area contributed by atoms with Gasteiger partial charge in [-0.15, -0.1) is 0 Å². The molecule has 0 radical (unpaired) electrons. The molecule has 4 rings (SSSR count). The van der Waals surface area contributed by atoms with Crippen LogP contribution in [0.25, 0.3) is 10.2 Å². The second-order valence-corrected chi connectivity index (χ2v) is 9.38. The molecular weight excluding hydrogens is 373 g/mol. The molecule has 3 heterocycles. The zero-order chi connectivity index (χ0) is 19.9. The topological polar surface area (TPSA) is 73.3 Å². The number of amides is 1. The highest BCUT2D eigenvalue weighted by Gasteiger charge is 2.53. The fraction of sp³-hybridized carbons (Fsp3) is 0.650. The van der Waals surface area contributed by atoms with Gasteiger partial charge in [-0.25, -0.2) is 4.98 Å². The molecule has 8 heteroatoms. The lowest BCUT2D eigenvalue weighted by Crippen LogP contribution is -2.44. The highest BCUT2D eigenvalue weighted by Crippen LogP contribution is 2.39. The van der Waals surface area contributed by atoms with E-state index in [0.29, 0.717) is 5.69 Å². The van der Waals surface area contributed by atoms with Crippen molar-refractivity contribution in [2.45, 2.75) is 83.5 Å². The minimum absolute atomic E-state index is 0.107. The zero-order valence-corrected chi connectivity index (χ0v) is 17.9. The van der Waals surface area contributed by atoms with Gasteiger partial charge in [-0.1, -0.05) is 26.2 Å². The number of nitrogens with one attached hydrogen (secondary N) is 1. The average Bonchev–Trinajstić information content (AvgIpc) is 3.21. The van der Waals surface area contributed by atoms with Crippen LogP contribution in [-0.2, 0) is 9.31 Å². The molecular formula is C20H28BN3O3S. The van der Waals surface area contributed by atoms with Gasteiger partial charge in [-0.2, -0.15) is 4.37 Å². The molecule has 1 saturated heterocycles. The maximum absolute atomic E-state index is 12.8. The molecule has 150 valence electrons. The van der Waals surface area contributed by atoms with E-state index >= 15 is 0 Å². The molecule has 2 aromatic rings. The molecule has 28 heavy (non-hydrogen) atoms. The first-order chi connectivity index (χ1) is 13.3. The first-order valence-electron chi connectivity index (χ1n) is 10.2. The Morgan fingerprint density at radius 2 is 2.04 bits per heavy atom. The van der Waals surface area contributed by atoms with E-state index in [1.807, 2.05) is 6.07 Å². The third-order valence-electron chi connectivity index (χ3n) is 6.50. The largest absolute Gasteiger partial charge is 0.496 e. The fourth-order valence-electron chi connectivity index (χ4n) is 4.08. The van der Waals surface area contributed by atoms with Crippen LogP contribution in [0.5, 0.6) is 0 Å². The molecule has 1 amide bonds. The van der Waals surface area contributed by atoms with Gasteiger partial charge >= 0.3 is 7.12 Å². The number of carbonyl (C=O) groups excluding carboxylic acids is 1. The van der Waals surface area contributed by atoms with Crippen molar-refractivity contribution in [1.29, 1.82) is 0 Å². The average molecular weight is 401 g/mol. The van der Waals surface area contributed by atoms with Crippen molar-refractivity contribution in [2.24, 2.45) is 0 Å². The molecule has 2 aliphatic rings. The lowest BCUT2D eigenvalue weighted by atomic mass is 9.80. The van der Waals surface area contributed by atoms with E-state index in [2.05, 4.69) is 42.4 Å². The van der Waals surface area contributed by atoms with Gasteiger partial charge < -0.3 is 14.6 Å². The Labute approximate surface area is 170 Å². The lowest BCUT2D eigenvalue weighted by molar-refractivity contribution is -0.0118. The summed E-state index contributed by atoms with van der Waals surface area (Å²) in [6, 6.07) is 2.20. The number of rotatable bonds is 4. The second-order valence-electron chi connectivity index (χ2n) is 8.62. The normalized spacial score (nSPS) is 25.4. The number of fused-ring (bicyclic) bond motifs is 1. The summed E-state index contributed by atoms with van der Waals surface area (Å²) in [5.74, 6) is -0.107. The van der Waals surface area contributed by atoms with Gasteiger partial charge in [0.25, 0.3) is 5.91 Å². The second kappa shape index (κ2) is 7.39. The lowest BCUT2D eigenvalue weighted by Gasteiger charge is -2.35. The molecule has 1 saturated carbocycles. The van der Waals surface area contributed by atoms with E-state index < -0.39 is 12.7 Å². The van der Waals surface area contributed by atoms with Crippen molar-refractivity contribution in [3.05, 3.63) is 18.0 Å². The van der Waals surface area contributed by atoms with Crippen molar-refractivity contribution < 1.29 is 14.1 Å². The summed E-state index contributed by atoms with van der Waals surface area (Å²) in [6.45, 7) is 8.29. The first kappa shape index (κ1) is 19.8. The number of aromatic nitrogens is 2. The smallest absolute Gasteiger partial charge is 0.399 e. The van der Waals surface area contributed by atoms with Crippen molar-refractivity contribution in [2.75, 3.05) is 0 Å². The zero-order valence-electron chi connectivity index (χ0n) is 17.1. The van der Waals surface area contributed by atoms with Crippen molar-refractivity contribution in [3.8, 4) is 0 Å². The summed E-state index contributed by atoms with van der Waals surface area (Å²) in [6.07, 6.45) is 8.32. The van der Waals surface area contributed by atoms with E-state index in [9.17, 15) is 4.79 Å². The predicted molar refractivity (Wildman–Crippen MR) is 112 cm³/mol. The third-order valence-corrected chi connectivity index (χ3v) is 7.27. The molecule has 2 fully saturated rings. The van der Waals surface area contributed by atoms with Gasteiger partial charge in [0.2, 0.25) is 0 Å². The van der Waals surface area contributed by atoms with Gasteiger partial charge in [-0.3, -0.25) is 4.79 Å². The van der Waals surface area contributed by atoms with Crippen LogP contribution in [0.3, 0.4) is 0 Å². The van der Waals surface area contributed by atoms with Gasteiger partial charge in [-0.05, 0) is 57.6 Å². The number of nitrogens with zero attached hydrogens (tertiary/aromatic N) is 2. The maximum Gasteiger partial charge on any atom is 0.496 e. The highest BCUT2D eigenvalue weighted by atomic mass is 32.1. The quantitative estimate of drug-likeness (QED) is 0.795. The molecule has 1 atom stereocenters. The van der Waals surface area contributed by atoms with Gasteiger partial charge in [0.1, 0.15) is 4.83 Å². The predicted octanol–water partition coefficient (Wildman–Crippen LogP) is 3.44. The van der Waals surface area contributed by atoms with E-state index in [0.717, 1.165) is 34.9 Å². The van der Waals surface area contributed by atoms with Gasteiger partial charge in [0, 0.05) is 23.1 Å². The fourth-order valence-corrected chi connectivity index (χ4v) is 4.79. The number of hydrogen-bond acceptors (Lipinski definition) is 6. The summed E-state index contributed by atoms with van der Waals surface area (Å²) in [5, 5.41) is 3.92. The van der Waals surface area contributed by atoms with Crippen molar-refractivity contribution >= 4 is 40.2 Å². The van der Waals surface area contributed by atoms with Crippen LogP contribution in [-0.4, -0.2) is 39.6 Å². The molecule has 1 unspecified atom stereocenters. The molecule has 0 spiro atoms. The standard InChI is InChI=1S/C20H28BN3O3S/c1-5-20(4)19(2,3)26-21(27-20)13-11-15-16(24-28-18(15)22-12-13)17(25)23-14-9-7-6-8-10-14/h11-12,14H,5-10H2,1-4H3,(H,23,25). The number of carbonyl (C=O) groups is 1. The molecule has 1 aliphatic carbocycles. The van der Waals surface area contributed by atoms with E-state index in [-0.39, 0.29) is 17.6 Å².